The van der Waals surface area contributed by atoms with E-state index in [1.54, 1.807) is 0 Å². The number of hydrogen-bond acceptors (Lipinski definition) is 1. The zero-order valence-corrected chi connectivity index (χ0v) is 21.2. The Morgan fingerprint density at radius 1 is 0.694 bits per heavy atom. The van der Waals surface area contributed by atoms with E-state index in [0.717, 1.165) is 23.1 Å². The molecule has 0 fully saturated rings. The molecule has 0 aliphatic carbocycles. The summed E-state index contributed by atoms with van der Waals surface area (Å²) in [6.07, 6.45) is 7.08. The molecular formula is C33H33N3. The molecule has 0 bridgehead atoms. The molecule has 0 spiro atoms. The number of benzene rings is 4. The van der Waals surface area contributed by atoms with Crippen LogP contribution in [0.15, 0.2) is 96.1 Å². The lowest BCUT2D eigenvalue weighted by molar-refractivity contribution is 0.401. The highest BCUT2D eigenvalue weighted by molar-refractivity contribution is 6.10. The lowest BCUT2D eigenvalue weighted by Gasteiger charge is -2.17. The number of unbranched alkanes of at least 4 members (excludes halogenated alkanes) is 1. The second-order valence-corrected chi connectivity index (χ2v) is 9.91. The number of nitrogens with zero attached hydrogens (tertiary/aromatic N) is 3. The summed E-state index contributed by atoms with van der Waals surface area (Å²) >= 11 is 0. The highest BCUT2D eigenvalue weighted by Gasteiger charge is 2.15. The molecule has 0 aliphatic rings. The van der Waals surface area contributed by atoms with Crippen LogP contribution in [0, 0.1) is 5.92 Å². The fourth-order valence-electron chi connectivity index (χ4n) is 5.67. The quantitative estimate of drug-likeness (QED) is 0.198. The van der Waals surface area contributed by atoms with Gasteiger partial charge in [0.1, 0.15) is 0 Å². The predicted octanol–water partition coefficient (Wildman–Crippen LogP) is 9.00. The minimum atomic E-state index is 0.709. The minimum absolute atomic E-state index is 0.709. The fourth-order valence-corrected chi connectivity index (χ4v) is 5.67. The third-order valence-corrected chi connectivity index (χ3v) is 7.66. The zero-order valence-electron chi connectivity index (χ0n) is 21.2. The van der Waals surface area contributed by atoms with E-state index < -0.39 is 0 Å². The summed E-state index contributed by atoms with van der Waals surface area (Å²) < 4.78 is 4.61. The first kappa shape index (κ1) is 22.6. The second kappa shape index (κ2) is 9.66. The van der Waals surface area contributed by atoms with Crippen molar-refractivity contribution in [3.05, 3.63) is 96.6 Å². The van der Waals surface area contributed by atoms with Crippen molar-refractivity contribution in [2.45, 2.75) is 46.1 Å². The van der Waals surface area contributed by atoms with E-state index in [0.29, 0.717) is 5.92 Å². The van der Waals surface area contributed by atoms with Gasteiger partial charge in [-0.1, -0.05) is 93.8 Å². The Balaban J connectivity index is 1.43. The summed E-state index contributed by atoms with van der Waals surface area (Å²) in [6.45, 7) is 5.70. The van der Waals surface area contributed by atoms with Crippen LogP contribution in [-0.2, 0) is 6.54 Å². The first-order valence-corrected chi connectivity index (χ1v) is 13.3. The summed E-state index contributed by atoms with van der Waals surface area (Å²) in [7, 11) is 0. The summed E-state index contributed by atoms with van der Waals surface area (Å²) in [6, 6.07) is 32.6. The van der Waals surface area contributed by atoms with Crippen LogP contribution in [0.1, 0.15) is 45.1 Å². The van der Waals surface area contributed by atoms with Crippen LogP contribution in [0.25, 0.3) is 43.6 Å². The lowest BCUT2D eigenvalue weighted by atomic mass is 9.99. The number of aromatic nitrogens is 2. The average Bonchev–Trinajstić information content (AvgIpc) is 3.42. The van der Waals surface area contributed by atoms with E-state index in [4.69, 9.17) is 5.10 Å². The molecule has 0 radical (unpaired) electrons. The zero-order chi connectivity index (χ0) is 24.5. The SMILES string of the molecule is CCCCC(CC)Cn1c2ccccc2c2cc(/C=N/n3c4ccccc4c4ccccc43)ccc21. The van der Waals surface area contributed by atoms with Gasteiger partial charge >= 0.3 is 0 Å². The van der Waals surface area contributed by atoms with Crippen LogP contribution >= 0.6 is 0 Å². The van der Waals surface area contributed by atoms with Crippen molar-refractivity contribution in [1.82, 2.24) is 9.24 Å². The Bertz CT molecular complexity index is 1650. The highest BCUT2D eigenvalue weighted by atomic mass is 15.3. The summed E-state index contributed by atoms with van der Waals surface area (Å²) in [5.74, 6) is 0.709. The average molecular weight is 472 g/mol. The van der Waals surface area contributed by atoms with Crippen LogP contribution in [0.5, 0.6) is 0 Å². The van der Waals surface area contributed by atoms with Gasteiger partial charge in [0.15, 0.2) is 0 Å². The van der Waals surface area contributed by atoms with Gasteiger partial charge in [-0.2, -0.15) is 5.10 Å². The molecule has 0 saturated carbocycles. The van der Waals surface area contributed by atoms with Gasteiger partial charge in [0, 0.05) is 39.1 Å². The Labute approximate surface area is 212 Å². The van der Waals surface area contributed by atoms with Gasteiger partial charge in [-0.3, -0.25) is 0 Å². The summed E-state index contributed by atoms with van der Waals surface area (Å²) in [4.78, 5) is 0. The molecule has 36 heavy (non-hydrogen) atoms. The molecular weight excluding hydrogens is 438 g/mol. The summed E-state index contributed by atoms with van der Waals surface area (Å²) in [5, 5.41) is 10.1. The number of para-hydroxylation sites is 3. The van der Waals surface area contributed by atoms with Gasteiger partial charge in [0.25, 0.3) is 0 Å². The molecule has 0 saturated heterocycles. The normalized spacial score (nSPS) is 13.1. The van der Waals surface area contributed by atoms with E-state index in [1.165, 1.54) is 58.3 Å². The van der Waals surface area contributed by atoms with Gasteiger partial charge in [0.2, 0.25) is 0 Å². The molecule has 4 aromatic carbocycles. The van der Waals surface area contributed by atoms with Crippen LogP contribution in [-0.4, -0.2) is 15.5 Å². The number of hydrogen-bond donors (Lipinski definition) is 0. The third kappa shape index (κ3) is 3.89. The topological polar surface area (TPSA) is 22.2 Å². The van der Waals surface area contributed by atoms with Crippen molar-refractivity contribution in [2.24, 2.45) is 11.0 Å². The van der Waals surface area contributed by atoms with Crippen molar-refractivity contribution >= 4 is 49.8 Å². The molecule has 2 heterocycles. The molecule has 0 N–H and O–H groups in total. The molecule has 3 nitrogen and oxygen atoms in total. The van der Waals surface area contributed by atoms with Crippen molar-refractivity contribution in [3.63, 3.8) is 0 Å². The first-order valence-electron chi connectivity index (χ1n) is 13.3. The monoisotopic (exact) mass is 471 g/mol. The fraction of sp³-hybridized carbons (Fsp3) is 0.242. The van der Waals surface area contributed by atoms with E-state index in [1.807, 2.05) is 6.21 Å². The van der Waals surface area contributed by atoms with Crippen molar-refractivity contribution in [3.8, 4) is 0 Å². The van der Waals surface area contributed by atoms with E-state index in [-0.39, 0.29) is 0 Å². The Hall–Kier alpha value is -3.85. The maximum absolute atomic E-state index is 4.97. The maximum Gasteiger partial charge on any atom is 0.0732 e. The van der Waals surface area contributed by atoms with Gasteiger partial charge in [-0.05, 0) is 48.2 Å². The molecule has 0 aliphatic heterocycles. The maximum atomic E-state index is 4.97. The molecule has 6 rings (SSSR count). The smallest absolute Gasteiger partial charge is 0.0732 e. The van der Waals surface area contributed by atoms with Gasteiger partial charge in [-0.25, -0.2) is 4.68 Å². The third-order valence-electron chi connectivity index (χ3n) is 7.66. The first-order chi connectivity index (χ1) is 17.8. The molecule has 0 amide bonds. The van der Waals surface area contributed by atoms with Gasteiger partial charge in [0.05, 0.1) is 17.2 Å². The van der Waals surface area contributed by atoms with Crippen LogP contribution in [0.2, 0.25) is 0 Å². The molecule has 1 unspecified atom stereocenters. The molecule has 3 heteroatoms. The molecule has 6 aromatic rings. The molecule has 180 valence electrons. The lowest BCUT2D eigenvalue weighted by Crippen LogP contribution is -2.10. The van der Waals surface area contributed by atoms with Gasteiger partial charge in [-0.15, -0.1) is 0 Å². The van der Waals surface area contributed by atoms with Crippen LogP contribution in [0.4, 0.5) is 0 Å². The predicted molar refractivity (Wildman–Crippen MR) is 155 cm³/mol. The van der Waals surface area contributed by atoms with Gasteiger partial charge < -0.3 is 4.57 Å². The van der Waals surface area contributed by atoms with E-state index in [9.17, 15) is 0 Å². The Morgan fingerprint density at radius 3 is 1.92 bits per heavy atom. The number of fused-ring (bicyclic) bond motifs is 6. The highest BCUT2D eigenvalue weighted by Crippen LogP contribution is 2.32. The molecule has 1 atom stereocenters. The van der Waals surface area contributed by atoms with Crippen molar-refractivity contribution in [2.75, 3.05) is 0 Å². The summed E-state index contributed by atoms with van der Waals surface area (Å²) in [5.41, 5.74) is 6.03. The van der Waals surface area contributed by atoms with E-state index in [2.05, 4.69) is 114 Å². The number of rotatable bonds is 8. The van der Waals surface area contributed by atoms with Crippen molar-refractivity contribution in [1.29, 1.82) is 0 Å². The second-order valence-electron chi connectivity index (χ2n) is 9.91. The standard InChI is InChI=1S/C33H33N3/c1-3-5-12-24(4-2)23-35-30-16-9-6-15-28(30)29-21-25(19-20-31(29)35)22-34-36-32-17-10-7-13-26(32)27-14-8-11-18-33(27)36/h6-11,13-22,24H,3-5,12,23H2,1-2H3/b34-22+. The van der Waals surface area contributed by atoms with Crippen LogP contribution in [0.3, 0.4) is 0 Å². The Morgan fingerprint density at radius 2 is 1.28 bits per heavy atom. The van der Waals surface area contributed by atoms with Crippen molar-refractivity contribution < 1.29 is 0 Å². The largest absolute Gasteiger partial charge is 0.340 e. The molecule has 2 aromatic heterocycles. The van der Waals surface area contributed by atoms with Crippen LogP contribution < -0.4 is 0 Å². The Kier molecular flexibility index (Phi) is 6.06. The minimum Gasteiger partial charge on any atom is -0.340 e. The van der Waals surface area contributed by atoms with E-state index >= 15 is 0 Å².